The SMILES string of the molecule is CNc1cccn(-c2ccc(Br)cc2)c1=O. The van der Waals surface area contributed by atoms with Crippen LogP contribution in [0.15, 0.2) is 51.9 Å². The summed E-state index contributed by atoms with van der Waals surface area (Å²) in [4.78, 5) is 12.0. The lowest BCUT2D eigenvalue weighted by Crippen LogP contribution is -2.20. The molecule has 4 heteroatoms. The zero-order chi connectivity index (χ0) is 11.5. The summed E-state index contributed by atoms with van der Waals surface area (Å²) in [5, 5.41) is 2.87. The summed E-state index contributed by atoms with van der Waals surface area (Å²) in [6, 6.07) is 11.2. The topological polar surface area (TPSA) is 34.0 Å². The molecule has 1 aromatic heterocycles. The number of benzene rings is 1. The zero-order valence-corrected chi connectivity index (χ0v) is 10.4. The first-order valence-corrected chi connectivity index (χ1v) is 5.67. The molecule has 0 fully saturated rings. The molecule has 2 rings (SSSR count). The summed E-state index contributed by atoms with van der Waals surface area (Å²) in [6.07, 6.45) is 1.76. The Bertz CT molecular complexity index is 546. The predicted molar refractivity (Wildman–Crippen MR) is 69.3 cm³/mol. The molecular weight excluding hydrogens is 268 g/mol. The van der Waals surface area contributed by atoms with Crippen LogP contribution in [-0.4, -0.2) is 11.6 Å². The highest BCUT2D eigenvalue weighted by Crippen LogP contribution is 2.13. The van der Waals surface area contributed by atoms with E-state index in [4.69, 9.17) is 0 Å². The second-order valence-corrected chi connectivity index (χ2v) is 4.24. The number of nitrogens with one attached hydrogen (secondary N) is 1. The highest BCUT2D eigenvalue weighted by molar-refractivity contribution is 9.10. The van der Waals surface area contributed by atoms with Crippen LogP contribution in [0.2, 0.25) is 0 Å². The van der Waals surface area contributed by atoms with Crippen LogP contribution < -0.4 is 10.9 Å². The van der Waals surface area contributed by atoms with E-state index in [1.54, 1.807) is 23.9 Å². The van der Waals surface area contributed by atoms with Crippen LogP contribution in [0, 0.1) is 0 Å². The van der Waals surface area contributed by atoms with Gasteiger partial charge in [0.05, 0.1) is 0 Å². The van der Waals surface area contributed by atoms with Crippen molar-refractivity contribution in [3.05, 3.63) is 57.4 Å². The van der Waals surface area contributed by atoms with Gasteiger partial charge in [0.1, 0.15) is 5.69 Å². The van der Waals surface area contributed by atoms with Crippen LogP contribution in [0.1, 0.15) is 0 Å². The second-order valence-electron chi connectivity index (χ2n) is 3.32. The average Bonchev–Trinajstić information content (AvgIpc) is 2.31. The Labute approximate surface area is 102 Å². The third kappa shape index (κ3) is 2.02. The van der Waals surface area contributed by atoms with Crippen molar-refractivity contribution in [3.8, 4) is 5.69 Å². The number of pyridine rings is 1. The Morgan fingerprint density at radius 1 is 1.19 bits per heavy atom. The first-order chi connectivity index (χ1) is 7.72. The largest absolute Gasteiger partial charge is 0.384 e. The molecule has 3 nitrogen and oxygen atoms in total. The molecule has 1 heterocycles. The molecule has 0 aliphatic heterocycles. The lowest BCUT2D eigenvalue weighted by atomic mass is 10.3. The Kier molecular flexibility index (Phi) is 3.10. The molecule has 0 unspecified atom stereocenters. The van der Waals surface area contributed by atoms with Crippen molar-refractivity contribution in [2.24, 2.45) is 0 Å². The normalized spacial score (nSPS) is 10.1. The van der Waals surface area contributed by atoms with Gasteiger partial charge in [0.15, 0.2) is 0 Å². The molecule has 0 spiro atoms. The molecule has 0 bridgehead atoms. The number of halogens is 1. The smallest absolute Gasteiger partial charge is 0.278 e. The molecule has 0 aliphatic rings. The maximum absolute atomic E-state index is 12.0. The fraction of sp³-hybridized carbons (Fsp3) is 0.0833. The minimum atomic E-state index is -0.0488. The highest BCUT2D eigenvalue weighted by Gasteiger charge is 2.02. The number of aromatic nitrogens is 1. The fourth-order valence-electron chi connectivity index (χ4n) is 1.49. The molecule has 0 amide bonds. The van der Waals surface area contributed by atoms with Crippen LogP contribution in [0.5, 0.6) is 0 Å². The average molecular weight is 279 g/mol. The monoisotopic (exact) mass is 278 g/mol. The maximum atomic E-state index is 12.0. The van der Waals surface area contributed by atoms with E-state index in [0.29, 0.717) is 5.69 Å². The van der Waals surface area contributed by atoms with Crippen molar-refractivity contribution in [1.82, 2.24) is 4.57 Å². The van der Waals surface area contributed by atoms with Crippen LogP contribution >= 0.6 is 15.9 Å². The Morgan fingerprint density at radius 3 is 2.50 bits per heavy atom. The van der Waals surface area contributed by atoms with Gasteiger partial charge in [-0.05, 0) is 36.4 Å². The second kappa shape index (κ2) is 4.53. The van der Waals surface area contributed by atoms with E-state index in [9.17, 15) is 4.79 Å². The summed E-state index contributed by atoms with van der Waals surface area (Å²) in [5.41, 5.74) is 1.39. The lowest BCUT2D eigenvalue weighted by molar-refractivity contribution is 0.991. The summed E-state index contributed by atoms with van der Waals surface area (Å²) in [5.74, 6) is 0. The quantitative estimate of drug-likeness (QED) is 0.917. The Morgan fingerprint density at radius 2 is 1.88 bits per heavy atom. The van der Waals surface area contributed by atoms with Gasteiger partial charge in [0.25, 0.3) is 5.56 Å². The first-order valence-electron chi connectivity index (χ1n) is 4.88. The summed E-state index contributed by atoms with van der Waals surface area (Å²) in [6.45, 7) is 0. The Balaban J connectivity index is 2.56. The number of anilines is 1. The summed E-state index contributed by atoms with van der Waals surface area (Å²) < 4.78 is 2.60. The van der Waals surface area contributed by atoms with Gasteiger partial charge < -0.3 is 5.32 Å². The van der Waals surface area contributed by atoms with E-state index in [0.717, 1.165) is 10.2 Å². The summed E-state index contributed by atoms with van der Waals surface area (Å²) >= 11 is 3.36. The van der Waals surface area contributed by atoms with Crippen molar-refractivity contribution in [2.75, 3.05) is 12.4 Å². The molecule has 1 N–H and O–H groups in total. The fourth-order valence-corrected chi connectivity index (χ4v) is 1.75. The number of nitrogens with zero attached hydrogens (tertiary/aromatic N) is 1. The maximum Gasteiger partial charge on any atom is 0.278 e. The third-order valence-corrected chi connectivity index (χ3v) is 2.85. The van der Waals surface area contributed by atoms with Gasteiger partial charge in [-0.2, -0.15) is 0 Å². The van der Waals surface area contributed by atoms with Gasteiger partial charge in [0, 0.05) is 23.4 Å². The van der Waals surface area contributed by atoms with Gasteiger partial charge in [-0.1, -0.05) is 15.9 Å². The van der Waals surface area contributed by atoms with Crippen molar-refractivity contribution in [1.29, 1.82) is 0 Å². The molecule has 82 valence electrons. The molecule has 1 aromatic carbocycles. The van der Waals surface area contributed by atoms with Crippen LogP contribution in [0.3, 0.4) is 0 Å². The number of hydrogen-bond donors (Lipinski definition) is 1. The van der Waals surface area contributed by atoms with E-state index in [-0.39, 0.29) is 5.56 Å². The lowest BCUT2D eigenvalue weighted by Gasteiger charge is -2.07. The van der Waals surface area contributed by atoms with Crippen LogP contribution in [0.4, 0.5) is 5.69 Å². The third-order valence-electron chi connectivity index (χ3n) is 2.32. The number of rotatable bonds is 2. The van der Waals surface area contributed by atoms with Gasteiger partial charge >= 0.3 is 0 Å². The van der Waals surface area contributed by atoms with Gasteiger partial charge in [-0.15, -0.1) is 0 Å². The van der Waals surface area contributed by atoms with Gasteiger partial charge in [-0.3, -0.25) is 9.36 Å². The van der Waals surface area contributed by atoms with Crippen LogP contribution in [-0.2, 0) is 0 Å². The molecule has 0 radical (unpaired) electrons. The zero-order valence-electron chi connectivity index (χ0n) is 8.77. The predicted octanol–water partition coefficient (Wildman–Crippen LogP) is 2.64. The van der Waals surface area contributed by atoms with Crippen molar-refractivity contribution in [2.45, 2.75) is 0 Å². The Hall–Kier alpha value is -1.55. The molecule has 16 heavy (non-hydrogen) atoms. The summed E-state index contributed by atoms with van der Waals surface area (Å²) in [7, 11) is 1.74. The van der Waals surface area contributed by atoms with E-state index in [1.807, 2.05) is 30.3 Å². The molecule has 0 saturated heterocycles. The van der Waals surface area contributed by atoms with Crippen molar-refractivity contribution >= 4 is 21.6 Å². The van der Waals surface area contributed by atoms with Gasteiger partial charge in [-0.25, -0.2) is 0 Å². The minimum absolute atomic E-state index is 0.0488. The van der Waals surface area contributed by atoms with E-state index in [2.05, 4.69) is 21.2 Å². The van der Waals surface area contributed by atoms with Crippen molar-refractivity contribution < 1.29 is 0 Å². The molecular formula is C12H11BrN2O. The highest BCUT2D eigenvalue weighted by atomic mass is 79.9. The standard InChI is InChI=1S/C12H11BrN2O/c1-14-11-3-2-8-15(12(11)16)10-6-4-9(13)5-7-10/h2-8,14H,1H3. The van der Waals surface area contributed by atoms with Crippen molar-refractivity contribution in [3.63, 3.8) is 0 Å². The van der Waals surface area contributed by atoms with E-state index < -0.39 is 0 Å². The molecule has 2 aromatic rings. The molecule has 0 aliphatic carbocycles. The van der Waals surface area contributed by atoms with Crippen LogP contribution in [0.25, 0.3) is 5.69 Å². The number of hydrogen-bond acceptors (Lipinski definition) is 2. The van der Waals surface area contributed by atoms with Gasteiger partial charge in [0.2, 0.25) is 0 Å². The van der Waals surface area contributed by atoms with E-state index in [1.165, 1.54) is 0 Å². The molecule has 0 atom stereocenters. The van der Waals surface area contributed by atoms with E-state index >= 15 is 0 Å². The first kappa shape index (κ1) is 11.0. The minimum Gasteiger partial charge on any atom is -0.384 e. The molecule has 0 saturated carbocycles.